The molecule has 1 fully saturated rings. The number of rotatable bonds is 5. The van der Waals surface area contributed by atoms with E-state index in [1.165, 1.54) is 0 Å². The van der Waals surface area contributed by atoms with Gasteiger partial charge in [-0.3, -0.25) is 4.79 Å². The summed E-state index contributed by atoms with van der Waals surface area (Å²) in [5.41, 5.74) is 3.98. The van der Waals surface area contributed by atoms with Crippen molar-refractivity contribution in [3.05, 3.63) is 89.0 Å². The standard InChI is InChI=1S/C27H25NO4S/c1-18-6-4-7-19(14-18)16-28-23-15-20(27(30)32-17-21-8-5-13-31-21)11-12-25(23)33-24-10-3-2-9-22(24)26(28)29/h2-4,6-7,9-12,14-15,21H,5,8,13,16-17H2,1H3/t21-/m1/s1. The Labute approximate surface area is 197 Å². The molecule has 0 unspecified atom stereocenters. The van der Waals surface area contributed by atoms with Crippen LogP contribution >= 0.6 is 11.8 Å². The highest BCUT2D eigenvalue weighted by Crippen LogP contribution is 2.42. The molecule has 5 nitrogen and oxygen atoms in total. The summed E-state index contributed by atoms with van der Waals surface area (Å²) >= 11 is 1.54. The molecule has 0 radical (unpaired) electrons. The number of amides is 1. The van der Waals surface area contributed by atoms with Gasteiger partial charge in [-0.05, 0) is 55.7 Å². The predicted molar refractivity (Wildman–Crippen MR) is 128 cm³/mol. The third-order valence-electron chi connectivity index (χ3n) is 5.92. The van der Waals surface area contributed by atoms with Crippen LogP contribution in [-0.2, 0) is 16.0 Å². The van der Waals surface area contributed by atoms with Crippen LogP contribution in [0.1, 0.15) is 44.7 Å². The maximum Gasteiger partial charge on any atom is 0.338 e. The second-order valence-electron chi connectivity index (χ2n) is 8.39. The number of ether oxygens (including phenoxy) is 2. The van der Waals surface area contributed by atoms with Gasteiger partial charge in [0.25, 0.3) is 5.91 Å². The molecule has 0 aromatic heterocycles. The SMILES string of the molecule is Cc1cccc(CN2C(=O)c3ccccc3Sc3ccc(C(=O)OC[C@H]4CCCO4)cc32)c1. The molecule has 168 valence electrons. The summed E-state index contributed by atoms with van der Waals surface area (Å²) in [5, 5.41) is 0. The quantitative estimate of drug-likeness (QED) is 0.462. The number of aryl methyl sites for hydroxylation is 1. The number of fused-ring (bicyclic) bond motifs is 2. The highest BCUT2D eigenvalue weighted by Gasteiger charge is 2.28. The van der Waals surface area contributed by atoms with Crippen molar-refractivity contribution in [3.63, 3.8) is 0 Å². The van der Waals surface area contributed by atoms with Crippen molar-refractivity contribution in [2.45, 2.75) is 42.2 Å². The fourth-order valence-electron chi connectivity index (χ4n) is 4.22. The minimum atomic E-state index is -0.400. The molecule has 0 spiro atoms. The lowest BCUT2D eigenvalue weighted by molar-refractivity contribution is 0.0161. The third-order valence-corrected chi connectivity index (χ3v) is 7.06. The van der Waals surface area contributed by atoms with Crippen LogP contribution in [-0.4, -0.2) is 31.2 Å². The molecule has 2 aliphatic rings. The van der Waals surface area contributed by atoms with Gasteiger partial charge in [0.2, 0.25) is 0 Å². The van der Waals surface area contributed by atoms with Crippen molar-refractivity contribution in [1.29, 1.82) is 0 Å². The van der Waals surface area contributed by atoms with Crippen LogP contribution in [0.3, 0.4) is 0 Å². The van der Waals surface area contributed by atoms with Crippen LogP contribution in [0.25, 0.3) is 0 Å². The van der Waals surface area contributed by atoms with Crippen LogP contribution in [0.15, 0.2) is 76.5 Å². The number of anilines is 1. The molecular weight excluding hydrogens is 434 g/mol. The average molecular weight is 460 g/mol. The zero-order valence-corrected chi connectivity index (χ0v) is 19.3. The zero-order chi connectivity index (χ0) is 22.8. The lowest BCUT2D eigenvalue weighted by Gasteiger charge is -2.24. The van der Waals surface area contributed by atoms with Crippen molar-refractivity contribution in [2.75, 3.05) is 18.1 Å². The minimum Gasteiger partial charge on any atom is -0.459 e. The van der Waals surface area contributed by atoms with Gasteiger partial charge in [0, 0.05) is 16.4 Å². The van der Waals surface area contributed by atoms with E-state index >= 15 is 0 Å². The van der Waals surface area contributed by atoms with Gasteiger partial charge in [-0.2, -0.15) is 0 Å². The Kier molecular flexibility index (Phi) is 6.20. The summed E-state index contributed by atoms with van der Waals surface area (Å²) in [6, 6.07) is 21.2. The highest BCUT2D eigenvalue weighted by atomic mass is 32.2. The molecule has 0 N–H and O–H groups in total. The molecule has 6 heteroatoms. The number of esters is 1. The van der Waals surface area contributed by atoms with Crippen LogP contribution in [0, 0.1) is 6.92 Å². The molecule has 3 aromatic rings. The summed E-state index contributed by atoms with van der Waals surface area (Å²) in [6.45, 7) is 3.42. The molecule has 0 bridgehead atoms. The first-order chi connectivity index (χ1) is 16.1. The monoisotopic (exact) mass is 459 g/mol. The van der Waals surface area contributed by atoms with E-state index in [1.54, 1.807) is 28.8 Å². The van der Waals surface area contributed by atoms with Crippen molar-refractivity contribution in [1.82, 2.24) is 0 Å². The molecule has 1 amide bonds. The number of carbonyl (C=O) groups is 2. The lowest BCUT2D eigenvalue weighted by atomic mass is 10.1. The maximum absolute atomic E-state index is 13.6. The van der Waals surface area contributed by atoms with E-state index in [2.05, 4.69) is 6.07 Å². The first-order valence-corrected chi connectivity index (χ1v) is 12.0. The molecule has 33 heavy (non-hydrogen) atoms. The average Bonchev–Trinajstić information content (AvgIpc) is 3.31. The summed E-state index contributed by atoms with van der Waals surface area (Å²) in [7, 11) is 0. The topological polar surface area (TPSA) is 55.8 Å². The molecule has 3 aromatic carbocycles. The van der Waals surface area contributed by atoms with E-state index in [0.29, 0.717) is 23.4 Å². The van der Waals surface area contributed by atoms with Crippen molar-refractivity contribution in [3.8, 4) is 0 Å². The Balaban J connectivity index is 1.49. The second kappa shape index (κ2) is 9.41. The molecule has 1 saturated heterocycles. The van der Waals surface area contributed by atoms with Crippen molar-refractivity contribution in [2.24, 2.45) is 0 Å². The molecule has 1 atom stereocenters. The summed E-state index contributed by atoms with van der Waals surface area (Å²) in [6.07, 6.45) is 1.87. The molecular formula is C27H25NO4S. The Morgan fingerprint density at radius 1 is 1.09 bits per heavy atom. The molecule has 2 heterocycles. The number of benzene rings is 3. The smallest absolute Gasteiger partial charge is 0.338 e. The first-order valence-electron chi connectivity index (χ1n) is 11.2. The van der Waals surface area contributed by atoms with E-state index in [1.807, 2.05) is 55.5 Å². The Bertz CT molecular complexity index is 1200. The number of carbonyl (C=O) groups excluding carboxylic acids is 2. The van der Waals surface area contributed by atoms with E-state index in [4.69, 9.17) is 9.47 Å². The molecule has 5 rings (SSSR count). The van der Waals surface area contributed by atoms with E-state index in [0.717, 1.165) is 40.4 Å². The van der Waals surface area contributed by atoms with Gasteiger partial charge >= 0.3 is 5.97 Å². The number of hydrogen-bond acceptors (Lipinski definition) is 5. The predicted octanol–water partition coefficient (Wildman–Crippen LogP) is 5.64. The van der Waals surface area contributed by atoms with Gasteiger partial charge in [0.1, 0.15) is 6.61 Å². The van der Waals surface area contributed by atoms with Crippen LogP contribution < -0.4 is 4.90 Å². The van der Waals surface area contributed by atoms with Gasteiger partial charge in [-0.1, -0.05) is 53.7 Å². The van der Waals surface area contributed by atoms with Gasteiger partial charge in [0.05, 0.1) is 29.5 Å². The van der Waals surface area contributed by atoms with Crippen molar-refractivity contribution >= 4 is 29.3 Å². The zero-order valence-electron chi connectivity index (χ0n) is 18.5. The van der Waals surface area contributed by atoms with Gasteiger partial charge in [-0.25, -0.2) is 4.79 Å². The Morgan fingerprint density at radius 3 is 2.79 bits per heavy atom. The summed E-state index contributed by atoms with van der Waals surface area (Å²) < 4.78 is 11.1. The van der Waals surface area contributed by atoms with Gasteiger partial charge in [-0.15, -0.1) is 0 Å². The summed E-state index contributed by atoms with van der Waals surface area (Å²) in [4.78, 5) is 30.0. The van der Waals surface area contributed by atoms with E-state index in [9.17, 15) is 9.59 Å². The fraction of sp³-hybridized carbons (Fsp3) is 0.259. The van der Waals surface area contributed by atoms with Gasteiger partial charge < -0.3 is 14.4 Å². The van der Waals surface area contributed by atoms with Crippen LogP contribution in [0.5, 0.6) is 0 Å². The fourth-order valence-corrected chi connectivity index (χ4v) is 5.28. The molecule has 2 aliphatic heterocycles. The summed E-state index contributed by atoms with van der Waals surface area (Å²) in [5.74, 6) is -0.480. The van der Waals surface area contributed by atoms with Gasteiger partial charge in [0.15, 0.2) is 0 Å². The first kappa shape index (κ1) is 21.7. The van der Waals surface area contributed by atoms with Crippen LogP contribution in [0.4, 0.5) is 5.69 Å². The maximum atomic E-state index is 13.6. The lowest BCUT2D eigenvalue weighted by Crippen LogP contribution is -2.30. The highest BCUT2D eigenvalue weighted by molar-refractivity contribution is 7.99. The largest absolute Gasteiger partial charge is 0.459 e. The molecule has 0 aliphatic carbocycles. The Hall–Kier alpha value is -3.09. The Morgan fingerprint density at radius 2 is 1.97 bits per heavy atom. The normalized spacial score (nSPS) is 17.3. The van der Waals surface area contributed by atoms with Crippen LogP contribution in [0.2, 0.25) is 0 Å². The van der Waals surface area contributed by atoms with E-state index in [-0.39, 0.29) is 18.6 Å². The number of hydrogen-bond donors (Lipinski definition) is 0. The van der Waals surface area contributed by atoms with E-state index < -0.39 is 5.97 Å². The minimum absolute atomic E-state index is 0.0285. The third kappa shape index (κ3) is 4.68. The second-order valence-corrected chi connectivity index (χ2v) is 9.48. The van der Waals surface area contributed by atoms with Crippen molar-refractivity contribution < 1.29 is 19.1 Å². The molecule has 0 saturated carbocycles. The number of nitrogens with zero attached hydrogens (tertiary/aromatic N) is 1.